The number of thioether (sulfide) groups is 1. The van der Waals surface area contributed by atoms with Gasteiger partial charge < -0.3 is 11.1 Å². The Kier molecular flexibility index (Phi) is 4.46. The molecule has 0 bridgehead atoms. The summed E-state index contributed by atoms with van der Waals surface area (Å²) in [5, 5.41) is 13.9. The molecule has 8 heteroatoms. The van der Waals surface area contributed by atoms with Gasteiger partial charge in [-0.3, -0.25) is 0 Å². The quantitative estimate of drug-likeness (QED) is 0.196. The van der Waals surface area contributed by atoms with Gasteiger partial charge in [0.05, 0.1) is 0 Å². The number of nitro groups is 1. The zero-order valence-corrected chi connectivity index (χ0v) is 7.24. The van der Waals surface area contributed by atoms with Crippen LogP contribution in [0.2, 0.25) is 0 Å². The molecule has 62 valence electrons. The normalized spacial score (nSPS) is 10.8. The van der Waals surface area contributed by atoms with Gasteiger partial charge in [-0.15, -0.1) is 11.8 Å². The lowest BCUT2D eigenvalue weighted by Gasteiger charge is -1.98. The van der Waals surface area contributed by atoms with Crippen molar-refractivity contribution in [1.29, 1.82) is 0 Å². The van der Waals surface area contributed by atoms with Crippen molar-refractivity contribution in [3.05, 3.63) is 10.1 Å². The number of hydrogen-bond donors (Lipinski definition) is 2. The van der Waals surface area contributed by atoms with Crippen LogP contribution in [0.15, 0.2) is 5.10 Å². The Hall–Kier alpha value is -0.890. The van der Waals surface area contributed by atoms with Crippen molar-refractivity contribution in [2.45, 2.75) is 0 Å². The molecule has 0 aromatic carbocycles. The first kappa shape index (κ1) is 10.1. The van der Waals surface area contributed by atoms with E-state index in [-0.39, 0.29) is 5.96 Å². The Morgan fingerprint density at radius 1 is 1.91 bits per heavy atom. The molecule has 0 rings (SSSR count). The summed E-state index contributed by atoms with van der Waals surface area (Å²) in [6, 6.07) is 0. The third kappa shape index (κ3) is 5.55. The molecule has 0 amide bonds. The molecule has 0 fully saturated rings. The maximum atomic E-state index is 9.73. The molecule has 11 heavy (non-hydrogen) atoms. The predicted octanol–water partition coefficient (Wildman–Crippen LogP) is -0.270. The first-order chi connectivity index (χ1) is 5.06. The molecule has 0 aliphatic rings. The third-order valence-electron chi connectivity index (χ3n) is 0.605. The average Bonchev–Trinajstić information content (AvgIpc) is 1.85. The van der Waals surface area contributed by atoms with Gasteiger partial charge in [-0.05, 0) is 6.26 Å². The van der Waals surface area contributed by atoms with Crippen LogP contribution in [0.4, 0.5) is 0 Å². The second-order valence-electron chi connectivity index (χ2n) is 1.34. The molecular weight excluding hydrogens is 188 g/mol. The number of rotatable bonds is 1. The molecule has 3 N–H and O–H groups in total. The lowest BCUT2D eigenvalue weighted by Crippen LogP contribution is -2.34. The summed E-state index contributed by atoms with van der Waals surface area (Å²) in [7, 11) is 0. The van der Waals surface area contributed by atoms with Crippen molar-refractivity contribution >= 4 is 34.3 Å². The van der Waals surface area contributed by atoms with Crippen LogP contribution in [0.3, 0.4) is 0 Å². The van der Waals surface area contributed by atoms with E-state index in [0.717, 1.165) is 0 Å². The zero-order chi connectivity index (χ0) is 8.85. The maximum Gasteiger partial charge on any atom is 0.271 e. The molecule has 0 spiro atoms. The molecule has 0 saturated carbocycles. The molecule has 0 saturated heterocycles. The van der Waals surface area contributed by atoms with Gasteiger partial charge in [0, 0.05) is 0 Å². The Morgan fingerprint density at radius 3 is 2.82 bits per heavy atom. The summed E-state index contributed by atoms with van der Waals surface area (Å²) in [4.78, 5) is 9.73. The van der Waals surface area contributed by atoms with Crippen molar-refractivity contribution < 1.29 is 5.03 Å². The molecule has 0 aliphatic carbocycles. The predicted molar refractivity (Wildman–Crippen MR) is 47.9 cm³/mol. The smallest absolute Gasteiger partial charge is 0.271 e. The number of nitrogens with zero attached hydrogens (tertiary/aromatic N) is 2. The van der Waals surface area contributed by atoms with Crippen LogP contribution in [0, 0.1) is 10.1 Å². The standard InChI is InChI=1S/C3H6N4O2S2/c1-11-3(10)5-2(4)6-7(8)9/h1H3,(H3,4,5,6,10). The Bertz CT molecular complexity index is 204. The van der Waals surface area contributed by atoms with Crippen molar-refractivity contribution in [2.24, 2.45) is 10.8 Å². The second-order valence-corrected chi connectivity index (χ2v) is 2.82. The highest BCUT2D eigenvalue weighted by atomic mass is 32.2. The topological polar surface area (TPSA) is 93.5 Å². The van der Waals surface area contributed by atoms with E-state index in [0.29, 0.717) is 4.32 Å². The van der Waals surface area contributed by atoms with E-state index in [9.17, 15) is 10.1 Å². The largest absolute Gasteiger partial charge is 0.364 e. The molecule has 0 unspecified atom stereocenters. The van der Waals surface area contributed by atoms with Gasteiger partial charge in [-0.2, -0.15) is 0 Å². The van der Waals surface area contributed by atoms with Crippen molar-refractivity contribution in [2.75, 3.05) is 6.26 Å². The molecule has 0 heterocycles. The minimum Gasteiger partial charge on any atom is -0.364 e. The van der Waals surface area contributed by atoms with E-state index in [1.165, 1.54) is 11.8 Å². The number of nitrogens with two attached hydrogens (primary N) is 1. The second kappa shape index (κ2) is 4.85. The first-order valence-electron chi connectivity index (χ1n) is 2.39. The monoisotopic (exact) mass is 194 g/mol. The fourth-order valence-corrected chi connectivity index (χ4v) is 0.580. The molecule has 0 atom stereocenters. The average molecular weight is 194 g/mol. The summed E-state index contributed by atoms with van der Waals surface area (Å²) in [5.41, 5.74) is 5.05. The minimum atomic E-state index is -0.898. The van der Waals surface area contributed by atoms with Gasteiger partial charge in [0.1, 0.15) is 9.42 Å². The summed E-state index contributed by atoms with van der Waals surface area (Å²) >= 11 is 5.87. The van der Waals surface area contributed by atoms with Crippen LogP contribution in [0.25, 0.3) is 0 Å². The van der Waals surface area contributed by atoms with E-state index in [1.54, 1.807) is 6.26 Å². The van der Waals surface area contributed by atoms with Gasteiger partial charge in [0.15, 0.2) is 5.03 Å². The van der Waals surface area contributed by atoms with Crippen LogP contribution in [0.5, 0.6) is 0 Å². The van der Waals surface area contributed by atoms with E-state index < -0.39 is 5.03 Å². The number of hydrazone groups is 1. The molecule has 0 aromatic heterocycles. The van der Waals surface area contributed by atoms with E-state index in [1.807, 2.05) is 0 Å². The molecule has 6 nitrogen and oxygen atoms in total. The number of nitrogens with one attached hydrogen (secondary N) is 1. The Balaban J connectivity index is 3.96. The highest BCUT2D eigenvalue weighted by Gasteiger charge is 1.99. The third-order valence-corrected chi connectivity index (χ3v) is 1.68. The summed E-state index contributed by atoms with van der Waals surface area (Å²) in [6.07, 6.45) is 1.72. The maximum absolute atomic E-state index is 9.73. The van der Waals surface area contributed by atoms with Gasteiger partial charge in [-0.1, -0.05) is 12.2 Å². The van der Waals surface area contributed by atoms with Gasteiger partial charge in [-0.25, -0.2) is 10.1 Å². The van der Waals surface area contributed by atoms with Crippen LogP contribution in [-0.2, 0) is 0 Å². The molecule has 0 radical (unpaired) electrons. The summed E-state index contributed by atoms with van der Waals surface area (Å²) in [6.45, 7) is 0. The number of thiocarbonyl (C=S) groups is 1. The number of guanidine groups is 1. The van der Waals surface area contributed by atoms with Crippen LogP contribution < -0.4 is 11.1 Å². The zero-order valence-electron chi connectivity index (χ0n) is 5.60. The van der Waals surface area contributed by atoms with E-state index >= 15 is 0 Å². The van der Waals surface area contributed by atoms with Crippen LogP contribution in [0.1, 0.15) is 0 Å². The summed E-state index contributed by atoms with van der Waals surface area (Å²) in [5.74, 6) is -0.311. The highest BCUT2D eigenvalue weighted by Crippen LogP contribution is 1.92. The molecular formula is C3H6N4O2S2. The van der Waals surface area contributed by atoms with Gasteiger partial charge >= 0.3 is 0 Å². The summed E-state index contributed by atoms with van der Waals surface area (Å²) < 4.78 is 0.341. The lowest BCUT2D eigenvalue weighted by atomic mass is 11.0. The highest BCUT2D eigenvalue weighted by molar-refractivity contribution is 8.22. The van der Waals surface area contributed by atoms with Gasteiger partial charge in [0.25, 0.3) is 5.96 Å². The van der Waals surface area contributed by atoms with Crippen molar-refractivity contribution in [3.8, 4) is 0 Å². The molecule has 0 aromatic rings. The van der Waals surface area contributed by atoms with Crippen molar-refractivity contribution in [1.82, 2.24) is 5.32 Å². The molecule has 0 aliphatic heterocycles. The Morgan fingerprint density at radius 2 is 2.45 bits per heavy atom. The van der Waals surface area contributed by atoms with Crippen LogP contribution >= 0.6 is 24.0 Å². The fraction of sp³-hybridized carbons (Fsp3) is 0.333. The Labute approximate surface area is 72.4 Å². The van der Waals surface area contributed by atoms with Gasteiger partial charge in [0.2, 0.25) is 0 Å². The lowest BCUT2D eigenvalue weighted by molar-refractivity contribution is -0.485. The minimum absolute atomic E-state index is 0.311. The fourth-order valence-electron chi connectivity index (χ4n) is 0.269. The van der Waals surface area contributed by atoms with E-state index in [4.69, 9.17) is 5.73 Å². The van der Waals surface area contributed by atoms with Crippen molar-refractivity contribution in [3.63, 3.8) is 0 Å². The SMILES string of the molecule is CSC(=S)N/C(N)=N\[N+](=O)[O-]. The number of hydrogen-bond acceptors (Lipinski definition) is 4. The van der Waals surface area contributed by atoms with Crippen LogP contribution in [-0.4, -0.2) is 21.6 Å². The first-order valence-corrected chi connectivity index (χ1v) is 4.03. The van der Waals surface area contributed by atoms with E-state index in [2.05, 4.69) is 22.6 Å².